The average Bonchev–Trinajstić information content (AvgIpc) is 2.63. The van der Waals surface area contributed by atoms with Gasteiger partial charge in [0.15, 0.2) is 0 Å². The fraction of sp³-hybridized carbons (Fsp3) is 0.556. The minimum Gasteiger partial charge on any atom is -0.393 e. The highest BCUT2D eigenvalue weighted by atomic mass is 32.2. The summed E-state index contributed by atoms with van der Waals surface area (Å²) in [7, 11) is -3.37. The zero-order valence-corrected chi connectivity index (χ0v) is 9.00. The van der Waals surface area contributed by atoms with Crippen LogP contribution in [0.4, 0.5) is 0 Å². The molecule has 15 heavy (non-hydrogen) atoms. The monoisotopic (exact) mass is 230 g/mol. The molecule has 0 radical (unpaired) electrons. The van der Waals surface area contributed by atoms with Crippen LogP contribution in [0.25, 0.3) is 0 Å². The van der Waals surface area contributed by atoms with Crippen LogP contribution in [0.15, 0.2) is 23.4 Å². The molecule has 3 N–H and O–H groups in total. The van der Waals surface area contributed by atoms with Crippen molar-refractivity contribution >= 4 is 10.0 Å². The van der Waals surface area contributed by atoms with E-state index >= 15 is 0 Å². The Kier molecular flexibility index (Phi) is 2.81. The van der Waals surface area contributed by atoms with Crippen molar-refractivity contribution in [2.45, 2.75) is 23.8 Å². The maximum atomic E-state index is 11.6. The highest BCUT2D eigenvalue weighted by molar-refractivity contribution is 7.89. The normalized spacial score (nSPS) is 26.2. The third kappa shape index (κ3) is 2.39. The van der Waals surface area contributed by atoms with E-state index in [1.54, 1.807) is 6.20 Å². The summed E-state index contributed by atoms with van der Waals surface area (Å²) in [6.07, 6.45) is 4.15. The van der Waals surface area contributed by atoms with Gasteiger partial charge in [0.2, 0.25) is 10.0 Å². The van der Waals surface area contributed by atoms with Gasteiger partial charge in [-0.3, -0.25) is 0 Å². The summed E-state index contributed by atoms with van der Waals surface area (Å²) >= 11 is 0. The SMILES string of the molecule is O=S(=O)(NCC1CC(O)C1)c1cc[nH]c1. The first-order valence-electron chi connectivity index (χ1n) is 4.88. The van der Waals surface area contributed by atoms with Gasteiger partial charge in [-0.15, -0.1) is 0 Å². The van der Waals surface area contributed by atoms with Crippen LogP contribution in [0.3, 0.4) is 0 Å². The number of aliphatic hydroxyl groups is 1. The van der Waals surface area contributed by atoms with E-state index < -0.39 is 10.0 Å². The second-order valence-corrected chi connectivity index (χ2v) is 5.66. The summed E-state index contributed by atoms with van der Waals surface area (Å²) in [4.78, 5) is 2.95. The van der Waals surface area contributed by atoms with Crippen molar-refractivity contribution in [3.05, 3.63) is 18.5 Å². The number of aromatic nitrogens is 1. The first kappa shape index (κ1) is 10.7. The first-order chi connectivity index (χ1) is 7.08. The van der Waals surface area contributed by atoms with E-state index in [4.69, 9.17) is 5.11 Å². The fourth-order valence-electron chi connectivity index (χ4n) is 1.65. The number of rotatable bonds is 4. The van der Waals surface area contributed by atoms with E-state index in [-0.39, 0.29) is 16.9 Å². The molecular formula is C9H14N2O3S. The van der Waals surface area contributed by atoms with Crippen molar-refractivity contribution in [1.82, 2.24) is 9.71 Å². The van der Waals surface area contributed by atoms with E-state index in [1.807, 2.05) is 0 Å². The van der Waals surface area contributed by atoms with Crippen LogP contribution in [0.5, 0.6) is 0 Å². The molecule has 0 atom stereocenters. The van der Waals surface area contributed by atoms with Crippen LogP contribution < -0.4 is 4.72 Å². The lowest BCUT2D eigenvalue weighted by atomic mass is 9.83. The standard InChI is InChI=1S/C9H14N2O3S/c12-8-3-7(4-8)5-11-15(13,14)9-1-2-10-6-9/h1-2,6-8,10-12H,3-5H2. The third-order valence-corrected chi connectivity index (χ3v) is 4.07. The molecule has 0 aliphatic heterocycles. The molecule has 2 rings (SSSR count). The van der Waals surface area contributed by atoms with Gasteiger partial charge in [-0.05, 0) is 24.8 Å². The van der Waals surface area contributed by atoms with Crippen LogP contribution in [0, 0.1) is 5.92 Å². The zero-order chi connectivity index (χ0) is 10.9. The van der Waals surface area contributed by atoms with Gasteiger partial charge in [-0.25, -0.2) is 13.1 Å². The van der Waals surface area contributed by atoms with Gasteiger partial charge in [0.1, 0.15) is 0 Å². The Labute approximate surface area is 88.6 Å². The van der Waals surface area contributed by atoms with Gasteiger partial charge < -0.3 is 10.1 Å². The minimum absolute atomic E-state index is 0.244. The lowest BCUT2D eigenvalue weighted by Gasteiger charge is -2.31. The molecule has 0 amide bonds. The number of nitrogens with one attached hydrogen (secondary N) is 2. The van der Waals surface area contributed by atoms with E-state index in [1.165, 1.54) is 12.3 Å². The van der Waals surface area contributed by atoms with Crippen LogP contribution in [0.2, 0.25) is 0 Å². The first-order valence-corrected chi connectivity index (χ1v) is 6.37. The summed E-state index contributed by atoms with van der Waals surface area (Å²) in [5.41, 5.74) is 0. The van der Waals surface area contributed by atoms with Crippen LogP contribution in [-0.4, -0.2) is 31.2 Å². The van der Waals surface area contributed by atoms with Crippen molar-refractivity contribution in [2.75, 3.05) is 6.54 Å². The van der Waals surface area contributed by atoms with E-state index in [9.17, 15) is 8.42 Å². The fourth-order valence-corrected chi connectivity index (χ4v) is 2.75. The molecule has 1 saturated carbocycles. The number of H-pyrrole nitrogens is 1. The van der Waals surface area contributed by atoms with Crippen molar-refractivity contribution in [2.24, 2.45) is 5.92 Å². The Morgan fingerprint density at radius 1 is 1.53 bits per heavy atom. The number of aliphatic hydroxyl groups excluding tert-OH is 1. The lowest BCUT2D eigenvalue weighted by Crippen LogP contribution is -2.38. The van der Waals surface area contributed by atoms with Gasteiger partial charge in [0.05, 0.1) is 11.0 Å². The van der Waals surface area contributed by atoms with Crippen LogP contribution in [-0.2, 0) is 10.0 Å². The predicted octanol–water partition coefficient (Wildman–Crippen LogP) is 0.0639. The molecule has 0 bridgehead atoms. The second-order valence-electron chi connectivity index (χ2n) is 3.89. The minimum atomic E-state index is -3.37. The maximum absolute atomic E-state index is 11.6. The number of hydrogen-bond donors (Lipinski definition) is 3. The highest BCUT2D eigenvalue weighted by Crippen LogP contribution is 2.26. The number of sulfonamides is 1. The highest BCUT2D eigenvalue weighted by Gasteiger charge is 2.28. The molecule has 1 fully saturated rings. The second kappa shape index (κ2) is 3.96. The molecule has 0 aromatic carbocycles. The molecule has 1 aromatic heterocycles. The Hall–Kier alpha value is -0.850. The lowest BCUT2D eigenvalue weighted by molar-refractivity contribution is 0.0453. The molecule has 1 aliphatic carbocycles. The molecule has 84 valence electrons. The van der Waals surface area contributed by atoms with Gasteiger partial charge in [-0.2, -0.15) is 0 Å². The van der Waals surface area contributed by atoms with Gasteiger partial charge in [-0.1, -0.05) is 0 Å². The Bertz CT molecular complexity index is 407. The van der Waals surface area contributed by atoms with Crippen molar-refractivity contribution in [3.63, 3.8) is 0 Å². The average molecular weight is 230 g/mol. The summed E-state index contributed by atoms with van der Waals surface area (Å²) in [6.45, 7) is 0.407. The predicted molar refractivity (Wildman–Crippen MR) is 54.7 cm³/mol. The Balaban J connectivity index is 1.89. The molecule has 6 heteroatoms. The number of aromatic amines is 1. The Morgan fingerprint density at radius 3 is 2.80 bits per heavy atom. The summed E-state index contributed by atoms with van der Waals surface area (Å²) in [5, 5.41) is 9.05. The topological polar surface area (TPSA) is 82.2 Å². The van der Waals surface area contributed by atoms with Crippen molar-refractivity contribution in [1.29, 1.82) is 0 Å². The molecule has 1 aromatic rings. The quantitative estimate of drug-likeness (QED) is 0.684. The van der Waals surface area contributed by atoms with Gasteiger partial charge in [0, 0.05) is 18.9 Å². The van der Waals surface area contributed by atoms with E-state index in [2.05, 4.69) is 9.71 Å². The van der Waals surface area contributed by atoms with Crippen LogP contribution >= 0.6 is 0 Å². The largest absolute Gasteiger partial charge is 0.393 e. The molecule has 1 heterocycles. The van der Waals surface area contributed by atoms with Crippen molar-refractivity contribution in [3.8, 4) is 0 Å². The van der Waals surface area contributed by atoms with Crippen LogP contribution in [0.1, 0.15) is 12.8 Å². The zero-order valence-electron chi connectivity index (χ0n) is 8.18. The van der Waals surface area contributed by atoms with Gasteiger partial charge in [0.25, 0.3) is 0 Å². The molecule has 5 nitrogen and oxygen atoms in total. The molecule has 0 saturated heterocycles. The summed E-state index contributed by atoms with van der Waals surface area (Å²) in [6, 6.07) is 1.51. The molecule has 1 aliphatic rings. The van der Waals surface area contributed by atoms with Crippen molar-refractivity contribution < 1.29 is 13.5 Å². The maximum Gasteiger partial charge on any atom is 0.242 e. The number of hydrogen-bond acceptors (Lipinski definition) is 3. The molecule has 0 unspecified atom stereocenters. The van der Waals surface area contributed by atoms with E-state index in [0.29, 0.717) is 19.4 Å². The molecular weight excluding hydrogens is 216 g/mol. The molecule has 0 spiro atoms. The third-order valence-electron chi connectivity index (χ3n) is 2.65. The smallest absolute Gasteiger partial charge is 0.242 e. The van der Waals surface area contributed by atoms with E-state index in [0.717, 1.165) is 0 Å². The summed E-state index contributed by atoms with van der Waals surface area (Å²) < 4.78 is 25.8. The Morgan fingerprint density at radius 2 is 2.27 bits per heavy atom. The summed E-state index contributed by atoms with van der Waals surface area (Å²) in [5.74, 6) is 0.272. The van der Waals surface area contributed by atoms with Gasteiger partial charge >= 0.3 is 0 Å².